The number of anilines is 1. The fourth-order valence-electron chi connectivity index (χ4n) is 13.1. The summed E-state index contributed by atoms with van der Waals surface area (Å²) in [7, 11) is -10.3. The summed E-state index contributed by atoms with van der Waals surface area (Å²) >= 11 is 0. The maximum atomic E-state index is 12.1. The lowest BCUT2D eigenvalue weighted by atomic mass is 9.85. The SMILES string of the molecule is C.C#CCNC(=O)B1OC(=C)CCCC(=O)O1.C=C1CCCC(=O)OB(C(=O)NC2CCCCC2)O1.C=C1CCCC(=O)OB(C(=O)NCC(C)=O)O1.C=C1CCCC(=O)OB(C(=O)NCCc2ccccc2)O1.C=C1CCCC(=O)OB(C(=O)NCc2ccccc2)O1.C=C1CCCC(=O)OB(C(=O)NOCc2ccccc2)O1.C=C1CCCC(=O)OB(C(=O)Nc2ccccc2)O1.C=C1CCCC(=O)OB(C(N)=O)O1. The molecule has 0 aromatic heterocycles. The molecule has 13 rings (SSSR count). The maximum absolute atomic E-state index is 12.1. The fraction of sp³-hybridized carbons (Fsp3) is 0.392. The molecule has 9 fully saturated rings. The Kier molecular flexibility index (Phi) is 56.9. The van der Waals surface area contributed by atoms with Crippen LogP contribution in [0.2, 0.25) is 0 Å². The van der Waals surface area contributed by atoms with Crippen LogP contribution in [0.25, 0.3) is 0 Å². The molecule has 1 aliphatic carbocycles. The molecular formula is C97H124B8N8O34. The Hall–Kier alpha value is -15.6. The van der Waals surface area contributed by atoms with Crippen molar-refractivity contribution in [2.75, 3.05) is 25.0 Å². The molecule has 8 amide bonds. The van der Waals surface area contributed by atoms with E-state index in [1.54, 1.807) is 24.3 Å². The van der Waals surface area contributed by atoms with Crippen molar-refractivity contribution < 1.29 is 161 Å². The van der Waals surface area contributed by atoms with E-state index < -0.39 is 145 Å². The molecule has 8 heterocycles. The van der Waals surface area contributed by atoms with E-state index in [0.29, 0.717) is 180 Å². The molecule has 4 aromatic carbocycles. The van der Waals surface area contributed by atoms with Gasteiger partial charge in [0.2, 0.25) is 0 Å². The quantitative estimate of drug-likeness (QED) is 0.0218. The lowest BCUT2D eigenvalue weighted by Crippen LogP contribution is -2.47. The molecule has 8 aliphatic heterocycles. The van der Waals surface area contributed by atoms with Gasteiger partial charge in [-0.25, -0.2) is 5.48 Å². The van der Waals surface area contributed by atoms with E-state index in [1.165, 1.54) is 13.3 Å². The van der Waals surface area contributed by atoms with Gasteiger partial charge in [0.25, 0.3) is 88.4 Å². The average Bonchev–Trinajstić information content (AvgIpc) is 0.900. The monoisotopic (exact) mass is 2030 g/mol. The fourth-order valence-corrected chi connectivity index (χ4v) is 13.1. The molecule has 50 heteroatoms. The standard InChI is InChI=1S/C15H18BNO4.C14H16BNO5.C14H16BNO4.C13H20BNO4.C13H14BNO4.C10H14BNO5.C10H12BNO4.C7H10BNO4.CH4/c1-12-6-5-9-14(18)21-16(20-12)15(19)17-11-10-13-7-3-2-4-8-13;1-11-6-5-9-13(17)21-15(20-11)14(18)16-19-10-12-7-3-2-4-8-12;1-11-6-5-9-13(17)20-15(19-11)14(18)16-10-12-7-3-2-4-8-12;2*1-10-6-5-9-12(16)19-14(18-10)13(17)15-11-7-3-2-4-8-11;1-7(13)6-12-10(15)11-16-8(2)4-3-5-9(14)17-11;1-3-7-12-10(14)11-15-8(2)5-4-6-9(13)16-11;1-5-3-2-4-6(10)13-8(12-5)7(9)11;/h2-4,7-8H,1,5-6,9-11H2,(H,17,19);2-4,7-8H,1,5-6,9-10H2,(H,16,18);2-4,7-8H,1,5-6,9-10H2,(H,16,18);11H,1-9H2,(H,15,17);2-4,7-8H,1,5-6,9H2,(H,15,17);2-6H2,1H3,(H,12,15);1H,2,4-7H2,(H,12,14);1-4H2,(H2,9,11);1H4. The highest BCUT2D eigenvalue weighted by Crippen LogP contribution is 2.25. The first-order valence-electron chi connectivity index (χ1n) is 47.3. The van der Waals surface area contributed by atoms with Crippen LogP contribution in [-0.2, 0) is 142 Å². The largest absolute Gasteiger partial charge is 0.698 e. The number of terminal acetylenes is 1. The minimum absolute atomic E-state index is 0. The molecule has 0 radical (unpaired) electrons. The van der Waals surface area contributed by atoms with E-state index in [9.17, 15) is 81.5 Å². The second-order valence-electron chi connectivity index (χ2n) is 33.1. The molecule has 0 spiro atoms. The van der Waals surface area contributed by atoms with Crippen molar-refractivity contribution in [1.82, 2.24) is 32.1 Å². The van der Waals surface area contributed by atoms with Crippen LogP contribution in [0.15, 0.2) is 220 Å². The third-order valence-electron chi connectivity index (χ3n) is 20.5. The van der Waals surface area contributed by atoms with Gasteiger partial charge >= 0.3 is 62.8 Å². The summed E-state index contributed by atoms with van der Waals surface area (Å²) in [6.07, 6.45) is 22.4. The molecule has 9 aliphatic rings. The van der Waals surface area contributed by atoms with Gasteiger partial charge in [-0.15, -0.1) is 6.42 Å². The summed E-state index contributed by atoms with van der Waals surface area (Å²) in [6.45, 7) is 31.5. The Morgan fingerprint density at radius 2 is 0.626 bits per heavy atom. The van der Waals surface area contributed by atoms with Crippen molar-refractivity contribution >= 4 is 163 Å². The van der Waals surface area contributed by atoms with Gasteiger partial charge in [0.15, 0.2) is 0 Å². The first kappa shape index (κ1) is 122. The number of para-hydroxylation sites is 1. The molecule has 42 nitrogen and oxygen atoms in total. The number of rotatable bonds is 21. The first-order chi connectivity index (χ1) is 69.9. The second kappa shape index (κ2) is 68.6. The molecule has 1 saturated carbocycles. The summed E-state index contributed by atoms with van der Waals surface area (Å²) < 4.78 is 80.5. The van der Waals surface area contributed by atoms with Crippen molar-refractivity contribution in [2.45, 2.75) is 226 Å². The number of hydroxylamine groups is 1. The highest BCUT2D eigenvalue weighted by atomic mass is 16.7. The number of ketones is 1. The van der Waals surface area contributed by atoms with Gasteiger partial charge in [0.1, 0.15) is 5.78 Å². The molecule has 0 atom stereocenters. The molecule has 8 saturated heterocycles. The van der Waals surface area contributed by atoms with Crippen LogP contribution in [0.4, 0.5) is 44.0 Å². The summed E-state index contributed by atoms with van der Waals surface area (Å²) in [5.41, 5.74) is 10.7. The summed E-state index contributed by atoms with van der Waals surface area (Å²) in [5, 5.41) is 15.6. The van der Waals surface area contributed by atoms with Crippen molar-refractivity contribution in [2.24, 2.45) is 5.73 Å². The summed E-state index contributed by atoms with van der Waals surface area (Å²) in [4.78, 5) is 200. The van der Waals surface area contributed by atoms with Crippen LogP contribution < -0.4 is 43.1 Å². The van der Waals surface area contributed by atoms with Gasteiger partial charge in [-0.1, -0.05) is 194 Å². The van der Waals surface area contributed by atoms with Crippen LogP contribution in [0, 0.1) is 12.3 Å². The van der Waals surface area contributed by atoms with Gasteiger partial charge in [-0.2, -0.15) is 0 Å². The topological polar surface area (TPSA) is 557 Å². The van der Waals surface area contributed by atoms with E-state index in [-0.39, 0.29) is 89.7 Å². The molecule has 147 heavy (non-hydrogen) atoms. The minimum Gasteiger partial charge on any atom is -0.523 e. The van der Waals surface area contributed by atoms with E-state index >= 15 is 0 Å². The number of hydrogen-bond donors (Lipinski definition) is 8. The number of Topliss-reactive ketones (excluding diaryl/α,β-unsaturated/α-hetero) is 1. The number of amides is 8. The van der Waals surface area contributed by atoms with Gasteiger partial charge < -0.3 is 112 Å². The van der Waals surface area contributed by atoms with Gasteiger partial charge in [-0.3, -0.25) is 86.3 Å². The summed E-state index contributed by atoms with van der Waals surface area (Å²) in [6, 6.07) is 37.6. The number of primary amides is 1. The normalized spacial score (nSPS) is 16.8. The van der Waals surface area contributed by atoms with Gasteiger partial charge in [-0.05, 0) is 106 Å². The number of nitrogens with two attached hydrogens (primary N) is 1. The third-order valence-corrected chi connectivity index (χ3v) is 20.5. The Labute approximate surface area is 857 Å². The van der Waals surface area contributed by atoms with Gasteiger partial charge in [0.05, 0.1) is 65.8 Å². The van der Waals surface area contributed by atoms with Crippen LogP contribution >= 0.6 is 0 Å². The lowest BCUT2D eigenvalue weighted by molar-refractivity contribution is -0.137. The van der Waals surface area contributed by atoms with Crippen molar-refractivity contribution in [1.29, 1.82) is 0 Å². The van der Waals surface area contributed by atoms with Crippen LogP contribution in [0.5, 0.6) is 0 Å². The van der Waals surface area contributed by atoms with E-state index in [1.807, 2.05) is 97.1 Å². The number of carbonyl (C=O) groups is 17. The van der Waals surface area contributed by atoms with Crippen LogP contribution in [0.3, 0.4) is 0 Å². The van der Waals surface area contributed by atoms with E-state index in [4.69, 9.17) is 86.8 Å². The first-order valence-corrected chi connectivity index (χ1v) is 47.3. The molecular weight excluding hydrogens is 1910 g/mol. The van der Waals surface area contributed by atoms with E-state index in [0.717, 1.165) is 42.4 Å². The third kappa shape index (κ3) is 52.5. The predicted octanol–water partition coefficient (Wildman–Crippen LogP) is 13.8. The number of benzene rings is 4. The van der Waals surface area contributed by atoms with Crippen LogP contribution in [0.1, 0.15) is 217 Å². The highest BCUT2D eigenvalue weighted by Gasteiger charge is 2.45. The zero-order valence-corrected chi connectivity index (χ0v) is 81.7. The van der Waals surface area contributed by atoms with E-state index in [2.05, 4.69) is 101 Å². The molecule has 4 aromatic rings. The maximum Gasteiger partial charge on any atom is 0.698 e. The van der Waals surface area contributed by atoms with Crippen molar-refractivity contribution in [3.05, 3.63) is 237 Å². The smallest absolute Gasteiger partial charge is 0.523 e. The number of hydrogen-bond acceptors (Lipinski definition) is 34. The summed E-state index contributed by atoms with van der Waals surface area (Å²) in [5.74, 6) is -2.65. The minimum atomic E-state index is -1.36. The number of nitrogens with one attached hydrogen (secondary N) is 7. The molecule has 780 valence electrons. The van der Waals surface area contributed by atoms with Gasteiger partial charge in [0, 0.05) is 128 Å². The second-order valence-corrected chi connectivity index (χ2v) is 33.1. The molecule has 9 N–H and O–H groups in total. The van der Waals surface area contributed by atoms with Crippen molar-refractivity contribution in [3.8, 4) is 12.3 Å². The zero-order valence-electron chi connectivity index (χ0n) is 81.7. The highest BCUT2D eigenvalue weighted by molar-refractivity contribution is 6.85. The Morgan fingerprint density at radius 3 is 0.966 bits per heavy atom. The lowest BCUT2D eigenvalue weighted by Gasteiger charge is -2.25. The number of allylic oxidation sites excluding steroid dienone is 8. The average molecular weight is 2030 g/mol. The Morgan fingerprint density at radius 1 is 0.340 bits per heavy atom. The zero-order chi connectivity index (χ0) is 107. The Bertz CT molecular complexity index is 5000. The number of carbonyl (C=O) groups excluding carboxylic acids is 17. The van der Waals surface area contributed by atoms with Crippen LogP contribution in [-0.4, -0.2) is 183 Å². The van der Waals surface area contributed by atoms with Crippen molar-refractivity contribution in [3.63, 3.8) is 0 Å². The molecule has 0 bridgehead atoms. The molecule has 0 unspecified atom stereocenters. The Balaban J connectivity index is 0.000000296. The predicted molar refractivity (Wildman–Crippen MR) is 543 cm³/mol.